The van der Waals surface area contributed by atoms with Crippen LogP contribution in [0.4, 0.5) is 11.5 Å². The predicted molar refractivity (Wildman–Crippen MR) is 94.6 cm³/mol. The number of hydrogen-bond donors (Lipinski definition) is 0. The zero-order valence-corrected chi connectivity index (χ0v) is 14.5. The van der Waals surface area contributed by atoms with E-state index in [1.54, 1.807) is 6.07 Å². The highest BCUT2D eigenvalue weighted by molar-refractivity contribution is 6.26. The quantitative estimate of drug-likeness (QED) is 0.587. The van der Waals surface area contributed by atoms with Crippen molar-refractivity contribution in [1.29, 1.82) is 0 Å². The molecule has 2 amide bonds. The van der Waals surface area contributed by atoms with Gasteiger partial charge in [0.05, 0.1) is 23.0 Å². The van der Waals surface area contributed by atoms with Gasteiger partial charge in [-0.1, -0.05) is 30.8 Å². The zero-order valence-electron chi connectivity index (χ0n) is 14.5. The van der Waals surface area contributed by atoms with Gasteiger partial charge in [-0.2, -0.15) is 0 Å². The van der Waals surface area contributed by atoms with E-state index >= 15 is 0 Å². The molecule has 3 saturated heterocycles. The first kappa shape index (κ1) is 15.5. The van der Waals surface area contributed by atoms with Crippen molar-refractivity contribution in [1.82, 2.24) is 4.98 Å². The van der Waals surface area contributed by atoms with E-state index < -0.39 is 23.0 Å². The van der Waals surface area contributed by atoms with Crippen molar-refractivity contribution in [2.24, 2.45) is 11.8 Å². The van der Waals surface area contributed by atoms with Gasteiger partial charge in [-0.3, -0.25) is 9.59 Å². The first-order valence-corrected chi connectivity index (χ1v) is 8.73. The molecule has 6 nitrogen and oxygen atoms in total. The van der Waals surface area contributed by atoms with Gasteiger partial charge < -0.3 is 9.58 Å². The number of ether oxygens (including phenoxy) is 1. The molecule has 0 aliphatic carbocycles. The molecule has 0 saturated carbocycles. The van der Waals surface area contributed by atoms with Crippen LogP contribution in [0.5, 0.6) is 0 Å². The average molecular weight is 347 g/mol. The minimum Gasteiger partial charge on any atom is -0.367 e. The van der Waals surface area contributed by atoms with Crippen molar-refractivity contribution in [2.45, 2.75) is 37.9 Å². The van der Waals surface area contributed by atoms with E-state index in [4.69, 9.17) is 11.3 Å². The van der Waals surface area contributed by atoms with Gasteiger partial charge in [0.2, 0.25) is 11.8 Å². The topological polar surface area (TPSA) is 63.9 Å². The number of hydrogen-bond acceptors (Lipinski definition) is 4. The van der Waals surface area contributed by atoms with E-state index in [1.165, 1.54) is 11.1 Å². The van der Waals surface area contributed by atoms with Gasteiger partial charge in [-0.25, -0.2) is 4.90 Å². The second kappa shape index (κ2) is 4.68. The summed E-state index contributed by atoms with van der Waals surface area (Å²) in [4.78, 5) is 35.5. The number of rotatable bonds is 1. The lowest BCUT2D eigenvalue weighted by Crippen LogP contribution is -2.40. The Morgan fingerprint density at radius 2 is 1.69 bits per heavy atom. The fourth-order valence-electron chi connectivity index (χ4n) is 5.14. The van der Waals surface area contributed by atoms with Gasteiger partial charge in [0.15, 0.2) is 0 Å². The Bertz CT molecular complexity index is 1010. The number of aromatic nitrogens is 1. The number of nitrogens with zero attached hydrogens (tertiary/aromatic N) is 3. The van der Waals surface area contributed by atoms with Gasteiger partial charge in [-0.05, 0) is 26.7 Å². The first-order chi connectivity index (χ1) is 12.4. The highest BCUT2D eigenvalue weighted by Crippen LogP contribution is 2.61. The molecule has 3 fully saturated rings. The summed E-state index contributed by atoms with van der Waals surface area (Å²) in [6, 6.07) is 7.27. The van der Waals surface area contributed by atoms with Crippen LogP contribution < -0.4 is 4.90 Å². The number of carbonyl (C=O) groups excluding carboxylic acids is 2. The minimum absolute atomic E-state index is 0.214. The molecule has 4 atom stereocenters. The number of anilines is 1. The molecule has 6 heteroatoms. The summed E-state index contributed by atoms with van der Waals surface area (Å²) in [5.41, 5.74) is -0.703. The fraction of sp³-hybridized carbons (Fsp3) is 0.400. The van der Waals surface area contributed by atoms with E-state index in [0.717, 1.165) is 12.8 Å². The molecule has 0 N–H and O–H groups in total. The molecule has 0 spiro atoms. The predicted octanol–water partition coefficient (Wildman–Crippen LogP) is 3.23. The molecule has 0 radical (unpaired) electrons. The van der Waals surface area contributed by atoms with Crippen LogP contribution in [-0.4, -0.2) is 28.0 Å². The van der Waals surface area contributed by atoms with Crippen LogP contribution >= 0.6 is 0 Å². The smallest absolute Gasteiger partial charge is 0.277 e. The van der Waals surface area contributed by atoms with Crippen molar-refractivity contribution in [3.8, 4) is 0 Å². The highest BCUT2D eigenvalue weighted by Gasteiger charge is 2.72. The third kappa shape index (κ3) is 1.66. The summed E-state index contributed by atoms with van der Waals surface area (Å²) in [5, 5.41) is 1.34. The maximum absolute atomic E-state index is 13.3. The third-order valence-electron chi connectivity index (χ3n) is 6.31. The van der Waals surface area contributed by atoms with Crippen molar-refractivity contribution >= 4 is 34.1 Å². The van der Waals surface area contributed by atoms with Crippen molar-refractivity contribution in [3.63, 3.8) is 0 Å². The molecular formula is C20H17N3O3. The van der Waals surface area contributed by atoms with Crippen molar-refractivity contribution in [3.05, 3.63) is 41.9 Å². The number of amides is 2. The van der Waals surface area contributed by atoms with Crippen molar-refractivity contribution in [2.75, 3.05) is 4.90 Å². The van der Waals surface area contributed by atoms with Crippen LogP contribution in [0.25, 0.3) is 15.6 Å². The van der Waals surface area contributed by atoms with Crippen LogP contribution in [-0.2, 0) is 14.3 Å². The van der Waals surface area contributed by atoms with Gasteiger partial charge in [0, 0.05) is 10.8 Å². The van der Waals surface area contributed by atoms with Crippen LogP contribution in [0.15, 0.2) is 30.5 Å². The Morgan fingerprint density at radius 3 is 2.27 bits per heavy atom. The van der Waals surface area contributed by atoms with E-state index in [2.05, 4.69) is 9.83 Å². The highest BCUT2D eigenvalue weighted by atomic mass is 16.5. The SMILES string of the molecule is [C-]#[N+]c1ncc(N2C(=O)[C@@H]3[C@H](C2=O)C2(C)CCC3(C)O2)c2ccccc12. The molecule has 2 aromatic rings. The molecule has 1 aromatic heterocycles. The van der Waals surface area contributed by atoms with Crippen LogP contribution in [0.3, 0.4) is 0 Å². The lowest BCUT2D eigenvalue weighted by molar-refractivity contribution is -0.129. The monoisotopic (exact) mass is 347 g/mol. The summed E-state index contributed by atoms with van der Waals surface area (Å²) in [6.45, 7) is 11.2. The van der Waals surface area contributed by atoms with E-state index in [1.807, 2.05) is 32.0 Å². The van der Waals surface area contributed by atoms with E-state index in [9.17, 15) is 9.59 Å². The van der Waals surface area contributed by atoms with Crippen LogP contribution in [0.1, 0.15) is 26.7 Å². The van der Waals surface area contributed by atoms with Crippen LogP contribution in [0, 0.1) is 18.4 Å². The largest absolute Gasteiger partial charge is 0.367 e. The first-order valence-electron chi connectivity index (χ1n) is 8.73. The molecule has 3 aliphatic heterocycles. The van der Waals surface area contributed by atoms with Gasteiger partial charge in [0.1, 0.15) is 11.9 Å². The summed E-state index contributed by atoms with van der Waals surface area (Å²) in [6.07, 6.45) is 3.04. The van der Waals surface area contributed by atoms with Gasteiger partial charge >= 0.3 is 0 Å². The molecular weight excluding hydrogens is 330 g/mol. The Hall–Kier alpha value is -2.78. The molecule has 1 aromatic carbocycles. The number of imide groups is 1. The normalized spacial score (nSPS) is 35.2. The summed E-state index contributed by atoms with van der Waals surface area (Å²) in [5.74, 6) is -1.06. The molecule has 4 heterocycles. The Morgan fingerprint density at radius 1 is 1.12 bits per heavy atom. The average Bonchev–Trinajstić information content (AvgIpc) is 3.18. The summed E-state index contributed by atoms with van der Waals surface area (Å²) >= 11 is 0. The molecule has 26 heavy (non-hydrogen) atoms. The number of benzene rings is 1. The molecule has 130 valence electrons. The lowest BCUT2D eigenvalue weighted by atomic mass is 9.69. The summed E-state index contributed by atoms with van der Waals surface area (Å²) < 4.78 is 6.14. The van der Waals surface area contributed by atoms with Gasteiger partial charge in [0.25, 0.3) is 5.82 Å². The third-order valence-corrected chi connectivity index (χ3v) is 6.31. The van der Waals surface area contributed by atoms with Crippen LogP contribution in [0.2, 0.25) is 0 Å². The van der Waals surface area contributed by atoms with Crippen molar-refractivity contribution < 1.29 is 14.3 Å². The second-order valence-corrected chi connectivity index (χ2v) is 7.82. The molecule has 5 rings (SSSR count). The molecule has 2 bridgehead atoms. The molecule has 3 aliphatic rings. The zero-order chi connectivity index (χ0) is 18.3. The Balaban J connectivity index is 1.70. The second-order valence-electron chi connectivity index (χ2n) is 7.82. The standard InChI is InChI=1S/C20H17N3O3/c1-19-8-9-20(2,26-19)15-14(19)17(24)23(18(15)25)13-10-22-16(21-3)12-7-5-4-6-11(12)13/h4-7,10,14-15H,8-9H2,1-2H3/t14-,15+,19?,20?. The molecule has 2 unspecified atom stereocenters. The number of pyridine rings is 1. The number of carbonyl (C=O) groups is 2. The lowest BCUT2D eigenvalue weighted by Gasteiger charge is -2.27. The maximum atomic E-state index is 13.3. The fourth-order valence-corrected chi connectivity index (χ4v) is 5.14. The Kier molecular flexibility index (Phi) is 2.79. The van der Waals surface area contributed by atoms with E-state index in [0.29, 0.717) is 16.5 Å². The Labute approximate surface area is 150 Å². The summed E-state index contributed by atoms with van der Waals surface area (Å²) in [7, 11) is 0. The van der Waals surface area contributed by atoms with Gasteiger partial charge in [-0.15, -0.1) is 4.98 Å². The number of fused-ring (bicyclic) bond motifs is 6. The maximum Gasteiger partial charge on any atom is 0.277 e. The minimum atomic E-state index is -0.583. The van der Waals surface area contributed by atoms with E-state index in [-0.39, 0.29) is 17.6 Å².